The van der Waals surface area contributed by atoms with E-state index in [1.165, 1.54) is 19.3 Å². The fraction of sp³-hybridized carbons (Fsp3) is 0.938. The minimum atomic E-state index is -0.00542. The summed E-state index contributed by atoms with van der Waals surface area (Å²) in [6.07, 6.45) is 7.18. The Hall–Kier alpha value is -0.610. The summed E-state index contributed by atoms with van der Waals surface area (Å²) in [6, 6.07) is 0.374. The second-order valence-electron chi connectivity index (χ2n) is 6.67. The normalized spacial score (nSPS) is 30.9. The highest BCUT2D eigenvalue weighted by Crippen LogP contribution is 2.25. The largest absolute Gasteiger partial charge is 0.341 e. The van der Waals surface area contributed by atoms with Crippen molar-refractivity contribution in [1.82, 2.24) is 9.80 Å². The molecule has 2 heterocycles. The molecule has 2 rings (SSSR count). The number of carbonyl (C=O) groups excluding carboxylic acids is 1. The van der Waals surface area contributed by atoms with Crippen molar-refractivity contribution in [1.29, 1.82) is 0 Å². The molecule has 2 aliphatic heterocycles. The van der Waals surface area contributed by atoms with Crippen molar-refractivity contribution in [3.8, 4) is 0 Å². The van der Waals surface area contributed by atoms with Gasteiger partial charge in [-0.25, -0.2) is 0 Å². The molecule has 0 aromatic rings. The molecular formula is C16H31N3O. The lowest BCUT2D eigenvalue weighted by Crippen LogP contribution is -2.55. The van der Waals surface area contributed by atoms with Crippen LogP contribution in [0, 0.1) is 5.92 Å². The standard InChI is InChI=1S/C16H31N3O/c1-13-7-10-19(15(11-13)12-17)14(2)16(20)18-8-5-3-4-6-9-18/h13-15H,3-12,17H2,1-2H3. The van der Waals surface area contributed by atoms with Crippen molar-refractivity contribution in [2.24, 2.45) is 11.7 Å². The van der Waals surface area contributed by atoms with Gasteiger partial charge in [-0.3, -0.25) is 9.69 Å². The molecule has 0 saturated carbocycles. The number of amides is 1. The van der Waals surface area contributed by atoms with Gasteiger partial charge in [0.1, 0.15) is 0 Å². The van der Waals surface area contributed by atoms with Gasteiger partial charge < -0.3 is 10.6 Å². The Kier molecular flexibility index (Phi) is 5.85. The fourth-order valence-electron chi connectivity index (χ4n) is 3.71. The van der Waals surface area contributed by atoms with Gasteiger partial charge in [0.2, 0.25) is 5.91 Å². The Labute approximate surface area is 123 Å². The molecule has 0 aliphatic carbocycles. The van der Waals surface area contributed by atoms with Gasteiger partial charge in [-0.05, 0) is 45.1 Å². The number of rotatable bonds is 3. The van der Waals surface area contributed by atoms with Crippen LogP contribution >= 0.6 is 0 Å². The summed E-state index contributed by atoms with van der Waals surface area (Å²) in [7, 11) is 0. The highest BCUT2D eigenvalue weighted by atomic mass is 16.2. The summed E-state index contributed by atoms with van der Waals surface area (Å²) in [5.41, 5.74) is 5.93. The Morgan fingerprint density at radius 2 is 1.85 bits per heavy atom. The van der Waals surface area contributed by atoms with Gasteiger partial charge in [-0.1, -0.05) is 19.8 Å². The van der Waals surface area contributed by atoms with Crippen LogP contribution in [0.4, 0.5) is 0 Å². The lowest BCUT2D eigenvalue weighted by molar-refractivity contribution is -0.138. The van der Waals surface area contributed by atoms with Crippen molar-refractivity contribution < 1.29 is 4.79 Å². The van der Waals surface area contributed by atoms with E-state index in [0.717, 1.165) is 44.8 Å². The van der Waals surface area contributed by atoms with E-state index in [1.807, 2.05) is 0 Å². The van der Waals surface area contributed by atoms with E-state index < -0.39 is 0 Å². The molecule has 3 atom stereocenters. The molecule has 0 aromatic carbocycles. The van der Waals surface area contributed by atoms with Crippen molar-refractivity contribution in [2.75, 3.05) is 26.2 Å². The molecule has 2 fully saturated rings. The molecule has 1 amide bonds. The van der Waals surface area contributed by atoms with Crippen LogP contribution in [0.3, 0.4) is 0 Å². The van der Waals surface area contributed by atoms with E-state index in [2.05, 4.69) is 23.6 Å². The zero-order valence-electron chi connectivity index (χ0n) is 13.2. The molecule has 0 bridgehead atoms. The van der Waals surface area contributed by atoms with Crippen LogP contribution in [0.5, 0.6) is 0 Å². The Balaban J connectivity index is 1.97. The molecule has 0 aromatic heterocycles. The van der Waals surface area contributed by atoms with Gasteiger partial charge in [0.05, 0.1) is 6.04 Å². The molecule has 2 aliphatic rings. The number of hydrogen-bond acceptors (Lipinski definition) is 3. The molecule has 2 saturated heterocycles. The molecule has 0 radical (unpaired) electrons. The molecular weight excluding hydrogens is 250 g/mol. The van der Waals surface area contributed by atoms with Crippen LogP contribution in [0.15, 0.2) is 0 Å². The van der Waals surface area contributed by atoms with Crippen molar-refractivity contribution in [3.63, 3.8) is 0 Å². The number of nitrogens with two attached hydrogens (primary N) is 1. The first-order valence-electron chi connectivity index (χ1n) is 8.38. The number of piperidine rings is 1. The Morgan fingerprint density at radius 3 is 2.45 bits per heavy atom. The highest BCUT2D eigenvalue weighted by molar-refractivity contribution is 5.81. The summed E-state index contributed by atoms with van der Waals surface area (Å²) in [4.78, 5) is 17.2. The van der Waals surface area contributed by atoms with Crippen LogP contribution in [-0.4, -0.2) is 54.0 Å². The molecule has 20 heavy (non-hydrogen) atoms. The Bertz CT molecular complexity index is 313. The third kappa shape index (κ3) is 3.73. The van der Waals surface area contributed by atoms with E-state index in [9.17, 15) is 4.79 Å². The molecule has 2 N–H and O–H groups in total. The molecule has 116 valence electrons. The van der Waals surface area contributed by atoms with E-state index >= 15 is 0 Å². The van der Waals surface area contributed by atoms with Gasteiger partial charge in [-0.15, -0.1) is 0 Å². The van der Waals surface area contributed by atoms with Gasteiger partial charge >= 0.3 is 0 Å². The van der Waals surface area contributed by atoms with Crippen LogP contribution < -0.4 is 5.73 Å². The second kappa shape index (κ2) is 7.41. The zero-order valence-corrected chi connectivity index (χ0v) is 13.2. The predicted octanol–water partition coefficient (Wildman–Crippen LogP) is 1.84. The summed E-state index contributed by atoms with van der Waals surface area (Å²) >= 11 is 0. The zero-order chi connectivity index (χ0) is 14.5. The number of carbonyl (C=O) groups is 1. The minimum absolute atomic E-state index is 0.00542. The van der Waals surface area contributed by atoms with Crippen LogP contribution in [0.1, 0.15) is 52.4 Å². The summed E-state index contributed by atoms with van der Waals surface area (Å²) in [6.45, 7) is 7.94. The van der Waals surface area contributed by atoms with Gasteiger partial charge in [0.15, 0.2) is 0 Å². The first kappa shape index (κ1) is 15.8. The van der Waals surface area contributed by atoms with Gasteiger partial charge in [0, 0.05) is 25.7 Å². The Morgan fingerprint density at radius 1 is 1.20 bits per heavy atom. The molecule has 3 unspecified atom stereocenters. The summed E-state index contributed by atoms with van der Waals surface area (Å²) in [5, 5.41) is 0. The average Bonchev–Trinajstić information content (AvgIpc) is 2.74. The monoisotopic (exact) mass is 281 g/mol. The van der Waals surface area contributed by atoms with Crippen LogP contribution in [0.25, 0.3) is 0 Å². The highest BCUT2D eigenvalue weighted by Gasteiger charge is 2.33. The lowest BCUT2D eigenvalue weighted by atomic mass is 9.91. The first-order chi connectivity index (χ1) is 9.63. The number of nitrogens with zero attached hydrogens (tertiary/aromatic N) is 2. The maximum Gasteiger partial charge on any atom is 0.239 e. The topological polar surface area (TPSA) is 49.6 Å². The SMILES string of the molecule is CC1CCN(C(C)C(=O)N2CCCCCC2)C(CN)C1. The number of hydrogen-bond donors (Lipinski definition) is 1. The van der Waals surface area contributed by atoms with Crippen LogP contribution in [-0.2, 0) is 4.79 Å². The first-order valence-corrected chi connectivity index (χ1v) is 8.38. The quantitative estimate of drug-likeness (QED) is 0.858. The number of likely N-dealkylation sites (tertiary alicyclic amines) is 2. The molecule has 4 nitrogen and oxygen atoms in total. The third-order valence-corrected chi connectivity index (χ3v) is 5.07. The maximum atomic E-state index is 12.7. The lowest BCUT2D eigenvalue weighted by Gasteiger charge is -2.42. The second-order valence-corrected chi connectivity index (χ2v) is 6.67. The third-order valence-electron chi connectivity index (χ3n) is 5.07. The van der Waals surface area contributed by atoms with E-state index in [0.29, 0.717) is 18.5 Å². The predicted molar refractivity (Wildman–Crippen MR) is 82.5 cm³/mol. The van der Waals surface area contributed by atoms with Crippen molar-refractivity contribution >= 4 is 5.91 Å². The maximum absolute atomic E-state index is 12.7. The molecule has 4 heteroatoms. The van der Waals surface area contributed by atoms with Crippen molar-refractivity contribution in [3.05, 3.63) is 0 Å². The summed E-state index contributed by atoms with van der Waals surface area (Å²) in [5.74, 6) is 1.06. The minimum Gasteiger partial charge on any atom is -0.341 e. The van der Waals surface area contributed by atoms with Gasteiger partial charge in [-0.2, -0.15) is 0 Å². The smallest absolute Gasteiger partial charge is 0.239 e. The van der Waals surface area contributed by atoms with Crippen LogP contribution in [0.2, 0.25) is 0 Å². The summed E-state index contributed by atoms with van der Waals surface area (Å²) < 4.78 is 0. The van der Waals surface area contributed by atoms with E-state index in [1.54, 1.807) is 0 Å². The van der Waals surface area contributed by atoms with Gasteiger partial charge in [0.25, 0.3) is 0 Å². The fourth-order valence-corrected chi connectivity index (χ4v) is 3.71. The average molecular weight is 281 g/mol. The van der Waals surface area contributed by atoms with Crippen molar-refractivity contribution in [2.45, 2.75) is 64.5 Å². The molecule has 0 spiro atoms. The van der Waals surface area contributed by atoms with E-state index in [-0.39, 0.29) is 6.04 Å². The van der Waals surface area contributed by atoms with E-state index in [4.69, 9.17) is 5.73 Å².